The molecule has 0 N–H and O–H groups in total. The van der Waals surface area contributed by atoms with Crippen LogP contribution in [-0.4, -0.2) is 19.1 Å². The molecule has 0 spiro atoms. The minimum Gasteiger partial charge on any atom is -0.436 e. The first kappa shape index (κ1) is 38.9. The average molecular weight is 841 g/mol. The molecule has 0 atom stereocenters. The third-order valence-electron chi connectivity index (χ3n) is 13.3. The largest absolute Gasteiger partial charge is 0.436 e. The van der Waals surface area contributed by atoms with Crippen LogP contribution in [0.4, 0.5) is 0 Å². The monoisotopic (exact) mass is 840 g/mol. The smallest absolute Gasteiger partial charge is 0.227 e. The first-order valence-corrected chi connectivity index (χ1v) is 22.6. The molecule has 0 fully saturated rings. The molecule has 5 heteroatoms. The summed E-state index contributed by atoms with van der Waals surface area (Å²) in [5.41, 5.74) is 16.3. The van der Waals surface area contributed by atoms with Crippen molar-refractivity contribution < 1.29 is 4.42 Å². The SMILES string of the molecule is CC(C)(C)c1ccc2c(c1)c1cc(C(C)(C)C)ccc1n2-c1ccc(-c2ccc(-c3nc4c(ccc5ccc(-c6ccccn6)cc54)o3)cc2-n2c3ccccc3c3ccccc32)cc1. The summed E-state index contributed by atoms with van der Waals surface area (Å²) in [5, 5.41) is 7.13. The molecule has 5 nitrogen and oxygen atoms in total. The number of pyridine rings is 1. The number of rotatable bonds is 5. The summed E-state index contributed by atoms with van der Waals surface area (Å²) in [6.45, 7) is 13.8. The van der Waals surface area contributed by atoms with Gasteiger partial charge in [0, 0.05) is 55.5 Å². The number of aromatic nitrogens is 4. The van der Waals surface area contributed by atoms with Crippen LogP contribution in [0.3, 0.4) is 0 Å². The van der Waals surface area contributed by atoms with Gasteiger partial charge in [-0.2, -0.15) is 0 Å². The molecule has 4 aromatic heterocycles. The maximum atomic E-state index is 6.64. The Morgan fingerprint density at radius 3 is 1.66 bits per heavy atom. The molecule has 65 heavy (non-hydrogen) atoms. The summed E-state index contributed by atoms with van der Waals surface area (Å²) >= 11 is 0. The lowest BCUT2D eigenvalue weighted by Gasteiger charge is -2.19. The maximum absolute atomic E-state index is 6.64. The van der Waals surface area contributed by atoms with Crippen molar-refractivity contribution in [3.63, 3.8) is 0 Å². The molecule has 0 unspecified atom stereocenters. The van der Waals surface area contributed by atoms with E-state index in [1.54, 1.807) is 0 Å². The Bertz CT molecular complexity index is 3710. The minimum atomic E-state index is 0.0366. The number of hydrogen-bond acceptors (Lipinski definition) is 3. The summed E-state index contributed by atoms with van der Waals surface area (Å²) < 4.78 is 11.5. The van der Waals surface area contributed by atoms with Gasteiger partial charge in [0.05, 0.1) is 33.4 Å². The van der Waals surface area contributed by atoms with Gasteiger partial charge in [-0.25, -0.2) is 4.98 Å². The van der Waals surface area contributed by atoms with Gasteiger partial charge >= 0.3 is 0 Å². The standard InChI is InChI=1S/C60H48N4O/c1-59(2,3)41-24-29-53-48(35-41)49-36-42(60(4,5)6)25-30-54(49)63(53)43-26-20-37(21-27-43)44-28-22-40(34-55(44)64-51-16-9-7-13-45(51)46-14-8-10-17-52(46)64)58-62-57-47-33-39(50-15-11-12-32-61-50)19-18-38(47)23-31-56(57)65-58/h7-36H,1-6H3. The third kappa shape index (κ3) is 6.36. The van der Waals surface area contributed by atoms with Gasteiger partial charge in [-0.15, -0.1) is 0 Å². The maximum Gasteiger partial charge on any atom is 0.227 e. The predicted octanol–water partition coefficient (Wildman–Crippen LogP) is 16.2. The van der Waals surface area contributed by atoms with E-state index in [9.17, 15) is 0 Å². The van der Waals surface area contributed by atoms with Crippen LogP contribution in [0, 0.1) is 0 Å². The fraction of sp³-hybridized carbons (Fsp3) is 0.133. The molecule has 0 aliphatic rings. The van der Waals surface area contributed by atoms with Crippen molar-refractivity contribution in [1.82, 2.24) is 19.1 Å². The molecule has 0 amide bonds. The lowest BCUT2D eigenvalue weighted by atomic mass is 9.85. The highest BCUT2D eigenvalue weighted by Crippen LogP contribution is 2.42. The number of oxazole rings is 1. The molecule has 4 heterocycles. The molecule has 12 aromatic rings. The van der Waals surface area contributed by atoms with Crippen LogP contribution in [0.2, 0.25) is 0 Å². The first-order valence-electron chi connectivity index (χ1n) is 22.6. The first-order chi connectivity index (χ1) is 31.5. The summed E-state index contributed by atoms with van der Waals surface area (Å²) in [7, 11) is 0. The molecular weight excluding hydrogens is 793 g/mol. The van der Waals surface area contributed by atoms with Crippen molar-refractivity contribution in [3.8, 4) is 45.2 Å². The van der Waals surface area contributed by atoms with Gasteiger partial charge < -0.3 is 13.6 Å². The second-order valence-electron chi connectivity index (χ2n) is 19.5. The second-order valence-corrected chi connectivity index (χ2v) is 19.5. The summed E-state index contributed by atoms with van der Waals surface area (Å²) in [6.07, 6.45) is 1.83. The van der Waals surface area contributed by atoms with Crippen LogP contribution >= 0.6 is 0 Å². The molecule has 0 saturated carbocycles. The molecular formula is C60H48N4O. The second kappa shape index (κ2) is 14.4. The average Bonchev–Trinajstić information content (AvgIpc) is 4.01. The Morgan fingerprint density at radius 2 is 1.03 bits per heavy atom. The predicted molar refractivity (Wildman–Crippen MR) is 272 cm³/mol. The van der Waals surface area contributed by atoms with Crippen molar-refractivity contribution in [2.75, 3.05) is 0 Å². The van der Waals surface area contributed by atoms with Crippen LogP contribution in [0.1, 0.15) is 52.7 Å². The molecule has 314 valence electrons. The van der Waals surface area contributed by atoms with Gasteiger partial charge in [0.1, 0.15) is 5.52 Å². The van der Waals surface area contributed by atoms with Gasteiger partial charge in [0.2, 0.25) is 5.89 Å². The fourth-order valence-electron chi connectivity index (χ4n) is 9.83. The zero-order chi connectivity index (χ0) is 44.2. The highest BCUT2D eigenvalue weighted by Gasteiger charge is 2.23. The van der Waals surface area contributed by atoms with E-state index in [2.05, 4.69) is 207 Å². The molecule has 0 saturated heterocycles. The molecule has 0 aliphatic heterocycles. The van der Waals surface area contributed by atoms with Gasteiger partial charge in [-0.3, -0.25) is 4.98 Å². The lowest BCUT2D eigenvalue weighted by molar-refractivity contribution is 0.590. The Balaban J connectivity index is 1.03. The van der Waals surface area contributed by atoms with Crippen LogP contribution < -0.4 is 0 Å². The summed E-state index contributed by atoms with van der Waals surface area (Å²) in [4.78, 5) is 9.84. The van der Waals surface area contributed by atoms with E-state index >= 15 is 0 Å². The molecule has 0 bridgehead atoms. The van der Waals surface area contributed by atoms with Crippen LogP contribution in [0.5, 0.6) is 0 Å². The van der Waals surface area contributed by atoms with Crippen LogP contribution in [0.25, 0.3) is 111 Å². The van der Waals surface area contributed by atoms with Crippen LogP contribution in [0.15, 0.2) is 187 Å². The highest BCUT2D eigenvalue weighted by molar-refractivity contribution is 6.11. The normalized spacial score (nSPS) is 12.5. The van der Waals surface area contributed by atoms with E-state index in [1.165, 1.54) is 43.7 Å². The van der Waals surface area contributed by atoms with Crippen LogP contribution in [-0.2, 0) is 10.8 Å². The van der Waals surface area contributed by atoms with E-state index < -0.39 is 0 Å². The third-order valence-corrected chi connectivity index (χ3v) is 13.3. The van der Waals surface area contributed by atoms with Crippen molar-refractivity contribution in [2.24, 2.45) is 0 Å². The number of fused-ring (bicyclic) bond motifs is 9. The van der Waals surface area contributed by atoms with E-state index in [0.717, 1.165) is 72.2 Å². The van der Waals surface area contributed by atoms with E-state index in [1.807, 2.05) is 30.5 Å². The summed E-state index contributed by atoms with van der Waals surface area (Å²) in [5.74, 6) is 0.579. The Labute approximate surface area is 378 Å². The number of benzene rings is 8. The van der Waals surface area contributed by atoms with E-state index in [-0.39, 0.29) is 10.8 Å². The van der Waals surface area contributed by atoms with Crippen molar-refractivity contribution in [3.05, 3.63) is 193 Å². The Kier molecular flexibility index (Phi) is 8.60. The van der Waals surface area contributed by atoms with E-state index in [4.69, 9.17) is 9.40 Å². The highest BCUT2D eigenvalue weighted by atomic mass is 16.3. The van der Waals surface area contributed by atoms with Crippen molar-refractivity contribution in [1.29, 1.82) is 0 Å². The molecule has 0 aliphatic carbocycles. The van der Waals surface area contributed by atoms with Gasteiger partial charge in [-0.1, -0.05) is 133 Å². The zero-order valence-electron chi connectivity index (χ0n) is 37.5. The van der Waals surface area contributed by atoms with Gasteiger partial charge in [0.25, 0.3) is 0 Å². The van der Waals surface area contributed by atoms with Gasteiger partial charge in [0.15, 0.2) is 5.58 Å². The topological polar surface area (TPSA) is 48.8 Å². The van der Waals surface area contributed by atoms with Crippen molar-refractivity contribution in [2.45, 2.75) is 52.4 Å². The lowest BCUT2D eigenvalue weighted by Crippen LogP contribution is -2.10. The van der Waals surface area contributed by atoms with Crippen molar-refractivity contribution >= 4 is 65.5 Å². The summed E-state index contributed by atoms with van der Waals surface area (Å²) in [6, 6.07) is 63.7. The Hall–Kier alpha value is -7.76. The zero-order valence-corrected chi connectivity index (χ0v) is 37.5. The van der Waals surface area contributed by atoms with E-state index in [0.29, 0.717) is 5.89 Å². The molecule has 8 aromatic carbocycles. The fourth-order valence-corrected chi connectivity index (χ4v) is 9.83. The number of para-hydroxylation sites is 2. The molecule has 12 rings (SSSR count). The molecule has 0 radical (unpaired) electrons. The number of nitrogens with zero attached hydrogens (tertiary/aromatic N) is 4. The minimum absolute atomic E-state index is 0.0366. The number of hydrogen-bond donors (Lipinski definition) is 0. The quantitative estimate of drug-likeness (QED) is 0.173. The Morgan fingerprint density at radius 1 is 0.446 bits per heavy atom. The van der Waals surface area contributed by atoms with Gasteiger partial charge in [-0.05, 0) is 118 Å².